The van der Waals surface area contributed by atoms with Gasteiger partial charge in [0.15, 0.2) is 23.1 Å². The second-order valence-corrected chi connectivity index (χ2v) is 20.9. The number of carboxylic acid groups (broad SMARTS) is 1. The molecule has 342 valence electrons. The summed E-state index contributed by atoms with van der Waals surface area (Å²) in [5.74, 6) is -5.86. The number of aliphatic carboxylic acids is 1. The lowest BCUT2D eigenvalue weighted by Crippen LogP contribution is -2.65. The zero-order valence-corrected chi connectivity index (χ0v) is 36.9. The molecule has 5 N–H and O–H groups in total. The minimum absolute atomic E-state index is 0.0558. The first kappa shape index (κ1) is 44.4. The van der Waals surface area contributed by atoms with E-state index in [0.717, 1.165) is 25.8 Å². The Kier molecular flexibility index (Phi) is 11.8. The first-order valence-electron chi connectivity index (χ1n) is 23.4. The van der Waals surface area contributed by atoms with E-state index in [-0.39, 0.29) is 42.9 Å². The summed E-state index contributed by atoms with van der Waals surface area (Å²) in [6.45, 7) is 17.8. The molecule has 8 fully saturated rings. The fraction of sp³-hybridized carbons (Fsp3) is 0.851. The molecule has 9 aliphatic rings. The van der Waals surface area contributed by atoms with Crippen molar-refractivity contribution >= 4 is 5.97 Å². The highest BCUT2D eigenvalue weighted by Crippen LogP contribution is 2.56. The maximum absolute atomic E-state index is 12.4. The van der Waals surface area contributed by atoms with Gasteiger partial charge < -0.3 is 58.3 Å². The average Bonchev–Trinajstić information content (AvgIpc) is 3.89. The lowest BCUT2D eigenvalue weighted by molar-refractivity contribution is -0.371. The van der Waals surface area contributed by atoms with Crippen LogP contribution in [0.15, 0.2) is 36.5 Å². The van der Waals surface area contributed by atoms with E-state index < -0.39 is 77.2 Å². The number of hydrogen-bond acceptors (Lipinski definition) is 13. The van der Waals surface area contributed by atoms with Crippen molar-refractivity contribution in [3.63, 3.8) is 0 Å². The lowest BCUT2D eigenvalue weighted by Gasteiger charge is -2.54. The van der Waals surface area contributed by atoms with E-state index in [1.54, 1.807) is 6.92 Å². The van der Waals surface area contributed by atoms with Crippen LogP contribution >= 0.6 is 0 Å². The van der Waals surface area contributed by atoms with Crippen molar-refractivity contribution in [2.75, 3.05) is 6.54 Å². The molecular formula is C47H71NO13. The highest BCUT2D eigenvalue weighted by Gasteiger charge is 2.65. The molecule has 0 amide bonds. The highest BCUT2D eigenvalue weighted by molar-refractivity contribution is 5.66. The van der Waals surface area contributed by atoms with Gasteiger partial charge in [-0.15, -0.1) is 0 Å². The summed E-state index contributed by atoms with van der Waals surface area (Å²) < 4.78 is 53.9. The van der Waals surface area contributed by atoms with E-state index in [0.29, 0.717) is 74.7 Å². The second kappa shape index (κ2) is 16.3. The first-order valence-corrected chi connectivity index (χ1v) is 23.4. The van der Waals surface area contributed by atoms with Gasteiger partial charge in [-0.3, -0.25) is 10.1 Å². The standard InChI is InChI=1S/C47H71NO13/c1-25-18-35-41-37(23-45(59-41)28(4)17-26(2)24-48-45)57-44(21-25,56-35)22-27(3)40-30(6)39(51)31(7)47(53,60-40)42(52)36-20-34-33(54-36)19-29(5)46(58-34)16-15-43(61-46)14-10-12-32(55-43)11-8-9-13-38(49)50/h8,10-12,25-26,28-37,39-42,48,51-53H,3,9,13-24H2,1-2,4-7H3,(H,49,50)/b11-8+/t25-,26+,28-,29+,30-,31+,32+,33+,34+,35+,36-,37+,39+,40+,41+,42+,43-,44-,45-,46+,47+/m0/s1. The van der Waals surface area contributed by atoms with Crippen molar-refractivity contribution in [2.45, 2.75) is 209 Å². The fourth-order valence-electron chi connectivity index (χ4n) is 12.8. The van der Waals surface area contributed by atoms with Crippen LogP contribution in [0.3, 0.4) is 0 Å². The molecule has 0 aromatic rings. The third kappa shape index (κ3) is 7.94. The van der Waals surface area contributed by atoms with Gasteiger partial charge in [-0.05, 0) is 49.0 Å². The Morgan fingerprint density at radius 1 is 0.902 bits per heavy atom. The molecule has 3 spiro atoms. The Hall–Kier alpha value is -1.79. The number of carbonyl (C=O) groups is 1. The molecule has 2 bridgehead atoms. The van der Waals surface area contributed by atoms with Crippen LogP contribution in [0.2, 0.25) is 0 Å². The molecular weight excluding hydrogens is 787 g/mol. The minimum atomic E-state index is -2.16. The average molecular weight is 858 g/mol. The van der Waals surface area contributed by atoms with Crippen molar-refractivity contribution in [1.29, 1.82) is 0 Å². The fourth-order valence-corrected chi connectivity index (χ4v) is 12.8. The summed E-state index contributed by atoms with van der Waals surface area (Å²) in [4.78, 5) is 11.0. The van der Waals surface area contributed by atoms with Gasteiger partial charge in [0.2, 0.25) is 0 Å². The summed E-state index contributed by atoms with van der Waals surface area (Å²) in [5.41, 5.74) is 0.190. The van der Waals surface area contributed by atoms with Crippen molar-refractivity contribution in [2.24, 2.45) is 35.5 Å². The predicted molar refractivity (Wildman–Crippen MR) is 220 cm³/mol. The number of aliphatic hydroxyl groups excluding tert-OH is 2. The molecule has 9 aliphatic heterocycles. The molecule has 0 saturated carbocycles. The summed E-state index contributed by atoms with van der Waals surface area (Å²) in [5, 5.41) is 49.0. The maximum Gasteiger partial charge on any atom is 0.303 e. The predicted octanol–water partition coefficient (Wildman–Crippen LogP) is 5.23. The number of carboxylic acids is 1. The molecule has 14 nitrogen and oxygen atoms in total. The molecule has 9 rings (SSSR count). The van der Waals surface area contributed by atoms with E-state index in [4.69, 9.17) is 43.0 Å². The van der Waals surface area contributed by atoms with E-state index in [1.165, 1.54) is 0 Å². The molecule has 0 aromatic carbocycles. The van der Waals surface area contributed by atoms with Gasteiger partial charge >= 0.3 is 5.97 Å². The summed E-state index contributed by atoms with van der Waals surface area (Å²) in [6, 6.07) is 0. The molecule has 21 atom stereocenters. The lowest BCUT2D eigenvalue weighted by atomic mass is 9.74. The van der Waals surface area contributed by atoms with Gasteiger partial charge in [-0.25, -0.2) is 0 Å². The van der Waals surface area contributed by atoms with Gasteiger partial charge in [0, 0.05) is 75.7 Å². The minimum Gasteiger partial charge on any atom is -0.481 e. The zero-order valence-electron chi connectivity index (χ0n) is 36.9. The van der Waals surface area contributed by atoms with Crippen LogP contribution in [0.1, 0.15) is 119 Å². The van der Waals surface area contributed by atoms with Gasteiger partial charge in [0.1, 0.15) is 17.9 Å². The van der Waals surface area contributed by atoms with E-state index in [9.17, 15) is 20.1 Å². The monoisotopic (exact) mass is 857 g/mol. The van der Waals surface area contributed by atoms with Crippen LogP contribution in [-0.2, 0) is 42.7 Å². The van der Waals surface area contributed by atoms with E-state index >= 15 is 0 Å². The topological polar surface area (TPSA) is 184 Å². The Balaban J connectivity index is 0.860. The number of rotatable bonds is 9. The van der Waals surface area contributed by atoms with Crippen LogP contribution < -0.4 is 5.32 Å². The van der Waals surface area contributed by atoms with Crippen molar-refractivity contribution in [1.82, 2.24) is 5.32 Å². The molecule has 0 radical (unpaired) electrons. The Bertz CT molecular complexity index is 1730. The first-order chi connectivity index (χ1) is 28.9. The zero-order chi connectivity index (χ0) is 43.3. The third-order valence-electron chi connectivity index (χ3n) is 16.2. The van der Waals surface area contributed by atoms with E-state index in [1.807, 2.05) is 31.2 Å². The Labute approximate surface area is 360 Å². The van der Waals surface area contributed by atoms with E-state index in [2.05, 4.69) is 39.6 Å². The largest absolute Gasteiger partial charge is 0.481 e. The number of ether oxygens (including phenoxy) is 8. The quantitative estimate of drug-likeness (QED) is 0.190. The number of aliphatic hydroxyl groups is 3. The molecule has 0 aliphatic carbocycles. The highest BCUT2D eigenvalue weighted by atomic mass is 16.8. The molecule has 8 saturated heterocycles. The molecule has 9 heterocycles. The molecule has 0 aromatic heterocycles. The van der Waals surface area contributed by atoms with Crippen LogP contribution in [0.25, 0.3) is 0 Å². The number of nitrogens with one attached hydrogen (secondary N) is 1. The number of hydrogen-bond donors (Lipinski definition) is 5. The van der Waals surface area contributed by atoms with Crippen molar-refractivity contribution < 1.29 is 63.1 Å². The number of allylic oxidation sites excluding steroid dienone is 1. The smallest absolute Gasteiger partial charge is 0.303 e. The van der Waals surface area contributed by atoms with Crippen LogP contribution in [0, 0.1) is 35.5 Å². The molecule has 61 heavy (non-hydrogen) atoms. The Morgan fingerprint density at radius 3 is 2.46 bits per heavy atom. The van der Waals surface area contributed by atoms with Crippen molar-refractivity contribution in [3.8, 4) is 0 Å². The third-order valence-corrected chi connectivity index (χ3v) is 16.2. The normalized spacial score (nSPS) is 53.4. The second-order valence-electron chi connectivity index (χ2n) is 20.9. The van der Waals surface area contributed by atoms with Gasteiger partial charge in [-0.2, -0.15) is 0 Å². The summed E-state index contributed by atoms with van der Waals surface area (Å²) >= 11 is 0. The van der Waals surface area contributed by atoms with Crippen LogP contribution in [0.5, 0.6) is 0 Å². The van der Waals surface area contributed by atoms with Gasteiger partial charge in [-0.1, -0.05) is 72.4 Å². The van der Waals surface area contributed by atoms with Gasteiger partial charge in [0.25, 0.3) is 0 Å². The van der Waals surface area contributed by atoms with Crippen molar-refractivity contribution in [3.05, 3.63) is 36.5 Å². The van der Waals surface area contributed by atoms with Crippen LogP contribution in [0.4, 0.5) is 0 Å². The molecule has 14 heteroatoms. The Morgan fingerprint density at radius 2 is 1.69 bits per heavy atom. The maximum atomic E-state index is 12.4. The number of fused-ring (bicyclic) bond motifs is 5. The van der Waals surface area contributed by atoms with Crippen LogP contribution in [-0.4, -0.2) is 123 Å². The van der Waals surface area contributed by atoms with Gasteiger partial charge in [0.05, 0.1) is 48.8 Å². The SMILES string of the molecule is C=C(C[C@@]12C[C@@H](C)C[C@@H](O1)[C@H]1O[C@]3(C[C@H]1O2)NC[C@H](C)C[C@@H]3C)[C@H]1O[C@@](O)([C@H](O)[C@@H]2C[C@H]3O[C@@]4(CC[C@]5(CC=C[C@@H](/C=C/CCC(=O)O)O5)O4)[C@H](C)C[C@H]3O2)[C@H](C)[C@H](O)[C@@H]1C. The summed E-state index contributed by atoms with van der Waals surface area (Å²) in [7, 11) is 0. The summed E-state index contributed by atoms with van der Waals surface area (Å²) in [6.07, 6.45) is 8.90. The number of piperidine rings is 1. The molecule has 0 unspecified atom stereocenters.